The molecule has 3 heteroatoms. The molecule has 0 aliphatic heterocycles. The minimum Gasteiger partial charge on any atom is -0.461 e. The zero-order valence-corrected chi connectivity index (χ0v) is 7.98. The Morgan fingerprint density at radius 2 is 2.17 bits per heavy atom. The van der Waals surface area contributed by atoms with E-state index in [0.29, 0.717) is 5.58 Å². The molecule has 0 aliphatic carbocycles. The van der Waals surface area contributed by atoms with Crippen molar-refractivity contribution < 1.29 is 8.81 Å². The van der Waals surface area contributed by atoms with Crippen LogP contribution in [-0.2, 0) is 0 Å². The van der Waals surface area contributed by atoms with Gasteiger partial charge in [-0.2, -0.15) is 0 Å². The molecule has 0 spiro atoms. The van der Waals surface area contributed by atoms with Crippen LogP contribution in [-0.4, -0.2) is 0 Å². The quantitative estimate of drug-likeness (QED) is 0.672. The van der Waals surface area contributed by atoms with E-state index in [2.05, 4.69) is 15.9 Å². The first-order valence-electron chi connectivity index (χ1n) is 3.51. The monoisotopic (exact) mass is 228 g/mol. The zero-order valence-electron chi connectivity index (χ0n) is 6.40. The first-order chi connectivity index (χ1) is 5.68. The molecule has 0 N–H and O–H groups in total. The summed E-state index contributed by atoms with van der Waals surface area (Å²) in [4.78, 5) is 0. The number of furan rings is 1. The molecule has 1 aromatic heterocycles. The summed E-state index contributed by atoms with van der Waals surface area (Å²) in [7, 11) is 0. The zero-order chi connectivity index (χ0) is 8.72. The number of rotatable bonds is 0. The van der Waals surface area contributed by atoms with Crippen LogP contribution in [0.3, 0.4) is 0 Å². The van der Waals surface area contributed by atoms with Gasteiger partial charge in [0, 0.05) is 9.86 Å². The highest BCUT2D eigenvalue weighted by molar-refractivity contribution is 9.10. The number of fused-ring (bicyclic) bond motifs is 1. The SMILES string of the molecule is Cc1coc2c(F)cc(Br)cc12. The molecule has 0 saturated heterocycles. The third-order valence-corrected chi connectivity index (χ3v) is 2.24. The lowest BCUT2D eigenvalue weighted by Gasteiger charge is -1.93. The standard InChI is InChI=1S/C9H6BrFO/c1-5-4-12-9-7(5)2-6(10)3-8(9)11/h2-4H,1H3. The molecule has 62 valence electrons. The maximum Gasteiger partial charge on any atom is 0.169 e. The van der Waals surface area contributed by atoms with Gasteiger partial charge in [-0.3, -0.25) is 0 Å². The van der Waals surface area contributed by atoms with Crippen molar-refractivity contribution in [3.05, 3.63) is 34.2 Å². The molecule has 1 nitrogen and oxygen atoms in total. The number of hydrogen-bond donors (Lipinski definition) is 0. The first-order valence-corrected chi connectivity index (χ1v) is 4.30. The Balaban J connectivity index is 2.92. The maximum absolute atomic E-state index is 13.1. The smallest absolute Gasteiger partial charge is 0.169 e. The Hall–Kier alpha value is -0.830. The summed E-state index contributed by atoms with van der Waals surface area (Å²) in [6.07, 6.45) is 1.56. The summed E-state index contributed by atoms with van der Waals surface area (Å²) in [5.74, 6) is -0.326. The van der Waals surface area contributed by atoms with Crippen molar-refractivity contribution in [2.45, 2.75) is 6.92 Å². The average molecular weight is 229 g/mol. The predicted molar refractivity (Wildman–Crippen MR) is 48.6 cm³/mol. The maximum atomic E-state index is 13.1. The summed E-state index contributed by atoms with van der Waals surface area (Å²) < 4.78 is 18.9. The van der Waals surface area contributed by atoms with Gasteiger partial charge in [0.05, 0.1) is 6.26 Å². The Bertz CT molecular complexity index is 433. The fourth-order valence-corrected chi connectivity index (χ4v) is 1.61. The molecular weight excluding hydrogens is 223 g/mol. The van der Waals surface area contributed by atoms with Gasteiger partial charge in [0.25, 0.3) is 0 Å². The van der Waals surface area contributed by atoms with Gasteiger partial charge in [0.1, 0.15) is 0 Å². The number of aryl methyl sites for hydroxylation is 1. The van der Waals surface area contributed by atoms with Crippen molar-refractivity contribution in [3.63, 3.8) is 0 Å². The molecule has 0 amide bonds. The van der Waals surface area contributed by atoms with Crippen LogP contribution in [0.5, 0.6) is 0 Å². The van der Waals surface area contributed by atoms with Gasteiger partial charge in [-0.15, -0.1) is 0 Å². The largest absolute Gasteiger partial charge is 0.461 e. The van der Waals surface area contributed by atoms with E-state index in [1.165, 1.54) is 6.07 Å². The summed E-state index contributed by atoms with van der Waals surface area (Å²) in [5, 5.41) is 0.821. The van der Waals surface area contributed by atoms with Gasteiger partial charge in [0.2, 0.25) is 0 Å². The molecule has 0 unspecified atom stereocenters. The van der Waals surface area contributed by atoms with Crippen LogP contribution in [0.2, 0.25) is 0 Å². The molecule has 0 saturated carbocycles. The van der Waals surface area contributed by atoms with Gasteiger partial charge in [-0.25, -0.2) is 4.39 Å². The fraction of sp³-hybridized carbons (Fsp3) is 0.111. The normalized spacial score (nSPS) is 10.9. The van der Waals surface area contributed by atoms with Crippen LogP contribution in [0.4, 0.5) is 4.39 Å². The lowest BCUT2D eigenvalue weighted by molar-refractivity contribution is 0.559. The summed E-state index contributed by atoms with van der Waals surface area (Å²) in [5.41, 5.74) is 1.28. The van der Waals surface area contributed by atoms with Gasteiger partial charge in [-0.05, 0) is 24.6 Å². The molecule has 0 aliphatic rings. The molecule has 0 atom stereocenters. The van der Waals surface area contributed by atoms with Crippen LogP contribution in [0, 0.1) is 12.7 Å². The van der Waals surface area contributed by atoms with Crippen LogP contribution >= 0.6 is 15.9 Å². The molecular formula is C9H6BrFO. The Kier molecular flexibility index (Phi) is 1.68. The van der Waals surface area contributed by atoms with Gasteiger partial charge in [0.15, 0.2) is 11.4 Å². The third kappa shape index (κ3) is 1.05. The lowest BCUT2D eigenvalue weighted by Crippen LogP contribution is -1.76. The second kappa shape index (κ2) is 2.59. The number of halogens is 2. The Morgan fingerprint density at radius 1 is 1.42 bits per heavy atom. The van der Waals surface area contributed by atoms with E-state index in [1.807, 2.05) is 13.0 Å². The van der Waals surface area contributed by atoms with Gasteiger partial charge >= 0.3 is 0 Å². The topological polar surface area (TPSA) is 13.1 Å². The fourth-order valence-electron chi connectivity index (χ4n) is 1.18. The van der Waals surface area contributed by atoms with E-state index in [1.54, 1.807) is 6.26 Å². The Morgan fingerprint density at radius 3 is 2.92 bits per heavy atom. The molecule has 1 heterocycles. The van der Waals surface area contributed by atoms with E-state index < -0.39 is 0 Å². The van der Waals surface area contributed by atoms with Gasteiger partial charge in [-0.1, -0.05) is 15.9 Å². The summed E-state index contributed by atoms with van der Waals surface area (Å²) in [6.45, 7) is 1.89. The minimum atomic E-state index is -0.326. The van der Waals surface area contributed by atoms with Crippen molar-refractivity contribution in [2.75, 3.05) is 0 Å². The van der Waals surface area contributed by atoms with Crippen molar-refractivity contribution in [1.82, 2.24) is 0 Å². The second-order valence-electron chi connectivity index (χ2n) is 2.68. The van der Waals surface area contributed by atoms with Crippen LogP contribution in [0.25, 0.3) is 11.0 Å². The van der Waals surface area contributed by atoms with Crippen molar-refractivity contribution in [2.24, 2.45) is 0 Å². The molecule has 0 radical (unpaired) electrons. The van der Waals surface area contributed by atoms with E-state index in [9.17, 15) is 4.39 Å². The lowest BCUT2D eigenvalue weighted by atomic mass is 10.2. The average Bonchev–Trinajstić information content (AvgIpc) is 2.33. The third-order valence-electron chi connectivity index (χ3n) is 1.79. The van der Waals surface area contributed by atoms with E-state index >= 15 is 0 Å². The molecule has 12 heavy (non-hydrogen) atoms. The van der Waals surface area contributed by atoms with E-state index in [0.717, 1.165) is 15.4 Å². The molecule has 0 bridgehead atoms. The number of benzene rings is 1. The highest BCUT2D eigenvalue weighted by Gasteiger charge is 2.07. The second-order valence-corrected chi connectivity index (χ2v) is 3.60. The Labute approximate surface area is 77.3 Å². The summed E-state index contributed by atoms with van der Waals surface area (Å²) >= 11 is 3.22. The molecule has 0 fully saturated rings. The molecule has 2 rings (SSSR count). The first kappa shape index (κ1) is 7.80. The number of hydrogen-bond acceptors (Lipinski definition) is 1. The van der Waals surface area contributed by atoms with Gasteiger partial charge < -0.3 is 4.42 Å². The van der Waals surface area contributed by atoms with E-state index in [4.69, 9.17) is 4.42 Å². The van der Waals surface area contributed by atoms with Crippen LogP contribution < -0.4 is 0 Å². The van der Waals surface area contributed by atoms with Crippen LogP contribution in [0.1, 0.15) is 5.56 Å². The van der Waals surface area contributed by atoms with Crippen molar-refractivity contribution in [1.29, 1.82) is 0 Å². The highest BCUT2D eigenvalue weighted by Crippen LogP contribution is 2.26. The highest BCUT2D eigenvalue weighted by atomic mass is 79.9. The predicted octanol–water partition coefficient (Wildman–Crippen LogP) is 3.64. The minimum absolute atomic E-state index is 0.326. The van der Waals surface area contributed by atoms with Crippen molar-refractivity contribution >= 4 is 26.9 Å². The molecule has 2 aromatic rings. The van der Waals surface area contributed by atoms with E-state index in [-0.39, 0.29) is 5.82 Å². The molecule has 1 aromatic carbocycles. The summed E-state index contributed by atoms with van der Waals surface area (Å²) in [6, 6.07) is 3.24. The van der Waals surface area contributed by atoms with Crippen LogP contribution in [0.15, 0.2) is 27.3 Å². The van der Waals surface area contributed by atoms with Crippen molar-refractivity contribution in [3.8, 4) is 0 Å².